The first-order valence-corrected chi connectivity index (χ1v) is 4.32. The van der Waals surface area contributed by atoms with E-state index in [0.29, 0.717) is 5.76 Å². The molecule has 0 bridgehead atoms. The first-order valence-electron chi connectivity index (χ1n) is 4.32. The minimum Gasteiger partial charge on any atom is -0.467 e. The smallest absolute Gasteiger partial charge is 0.124 e. The molecule has 1 aromatic heterocycles. The number of nitrogens with two attached hydrogens (primary N) is 1. The van der Waals surface area contributed by atoms with E-state index in [1.165, 1.54) is 12.1 Å². The summed E-state index contributed by atoms with van der Waals surface area (Å²) in [6.45, 7) is 0. The monoisotopic (exact) mass is 191 g/mol. The van der Waals surface area contributed by atoms with Crippen LogP contribution in [0.25, 0.3) is 0 Å². The summed E-state index contributed by atoms with van der Waals surface area (Å²) in [5.74, 6) is 0.414. The van der Waals surface area contributed by atoms with Gasteiger partial charge in [0.1, 0.15) is 11.6 Å². The van der Waals surface area contributed by atoms with Crippen LogP contribution in [0.3, 0.4) is 0 Å². The number of halogens is 1. The fourth-order valence-electron chi connectivity index (χ4n) is 1.30. The average Bonchev–Trinajstić information content (AvgIpc) is 2.71. The van der Waals surface area contributed by atoms with Gasteiger partial charge in [-0.1, -0.05) is 12.1 Å². The lowest BCUT2D eigenvalue weighted by Gasteiger charge is -2.08. The molecule has 0 saturated heterocycles. The Balaban J connectivity index is 2.28. The van der Waals surface area contributed by atoms with Gasteiger partial charge in [-0.2, -0.15) is 0 Å². The molecule has 2 nitrogen and oxygen atoms in total. The van der Waals surface area contributed by atoms with Gasteiger partial charge in [-0.15, -0.1) is 0 Å². The van der Waals surface area contributed by atoms with Crippen LogP contribution in [-0.4, -0.2) is 0 Å². The van der Waals surface area contributed by atoms with Crippen LogP contribution in [0.15, 0.2) is 47.1 Å². The van der Waals surface area contributed by atoms with E-state index in [1.807, 2.05) is 0 Å². The fourth-order valence-corrected chi connectivity index (χ4v) is 1.30. The van der Waals surface area contributed by atoms with Crippen molar-refractivity contribution < 1.29 is 8.81 Å². The van der Waals surface area contributed by atoms with Crippen LogP contribution in [-0.2, 0) is 0 Å². The molecule has 2 N–H and O–H groups in total. The Morgan fingerprint density at radius 1 is 1.14 bits per heavy atom. The topological polar surface area (TPSA) is 39.2 Å². The number of hydrogen-bond acceptors (Lipinski definition) is 2. The summed E-state index contributed by atoms with van der Waals surface area (Å²) in [7, 11) is 0. The second-order valence-corrected chi connectivity index (χ2v) is 3.04. The van der Waals surface area contributed by atoms with Gasteiger partial charge >= 0.3 is 0 Å². The van der Waals surface area contributed by atoms with Crippen molar-refractivity contribution in [3.8, 4) is 0 Å². The standard InChI is InChI=1S/C11H10FNO/c12-9-5-3-8(4-6-9)11(13)10-2-1-7-14-10/h1-7,11H,13H2. The Kier molecular flexibility index (Phi) is 2.33. The van der Waals surface area contributed by atoms with Crippen LogP contribution in [0.4, 0.5) is 4.39 Å². The molecule has 0 spiro atoms. The SMILES string of the molecule is NC(c1ccc(F)cc1)c1ccco1. The lowest BCUT2D eigenvalue weighted by Crippen LogP contribution is -2.10. The van der Waals surface area contributed by atoms with Gasteiger partial charge in [0.25, 0.3) is 0 Å². The van der Waals surface area contributed by atoms with E-state index in [0.717, 1.165) is 5.56 Å². The van der Waals surface area contributed by atoms with Crippen molar-refractivity contribution in [2.75, 3.05) is 0 Å². The predicted octanol–water partition coefficient (Wildman–Crippen LogP) is 2.47. The summed E-state index contributed by atoms with van der Waals surface area (Å²) in [4.78, 5) is 0. The van der Waals surface area contributed by atoms with Crippen LogP contribution in [0.5, 0.6) is 0 Å². The highest BCUT2D eigenvalue weighted by Crippen LogP contribution is 2.19. The van der Waals surface area contributed by atoms with Crippen molar-refractivity contribution in [3.63, 3.8) is 0 Å². The molecule has 3 heteroatoms. The Morgan fingerprint density at radius 3 is 2.43 bits per heavy atom. The summed E-state index contributed by atoms with van der Waals surface area (Å²) in [5, 5.41) is 0. The summed E-state index contributed by atoms with van der Waals surface area (Å²) < 4.78 is 17.8. The fraction of sp³-hybridized carbons (Fsp3) is 0.0909. The van der Waals surface area contributed by atoms with Gasteiger partial charge in [0.2, 0.25) is 0 Å². The predicted molar refractivity (Wildman–Crippen MR) is 51.1 cm³/mol. The molecule has 14 heavy (non-hydrogen) atoms. The summed E-state index contributed by atoms with van der Waals surface area (Å²) >= 11 is 0. The Bertz CT molecular complexity index is 394. The first kappa shape index (κ1) is 8.97. The number of furan rings is 1. The maximum absolute atomic E-state index is 12.6. The van der Waals surface area contributed by atoms with Crippen molar-refractivity contribution in [2.45, 2.75) is 6.04 Å². The number of rotatable bonds is 2. The molecule has 0 radical (unpaired) electrons. The van der Waals surface area contributed by atoms with Crippen molar-refractivity contribution >= 4 is 0 Å². The zero-order chi connectivity index (χ0) is 9.97. The molecule has 0 aliphatic carbocycles. The van der Waals surface area contributed by atoms with Gasteiger partial charge in [0.05, 0.1) is 12.3 Å². The van der Waals surface area contributed by atoms with Gasteiger partial charge < -0.3 is 10.2 Å². The van der Waals surface area contributed by atoms with E-state index in [9.17, 15) is 4.39 Å². The maximum Gasteiger partial charge on any atom is 0.124 e. The van der Waals surface area contributed by atoms with Gasteiger partial charge in [-0.05, 0) is 29.8 Å². The molecule has 2 rings (SSSR count). The normalized spacial score (nSPS) is 12.7. The summed E-state index contributed by atoms with van der Waals surface area (Å²) in [5.41, 5.74) is 6.73. The van der Waals surface area contributed by atoms with Crippen LogP contribution >= 0.6 is 0 Å². The van der Waals surface area contributed by atoms with Crippen LogP contribution in [0.1, 0.15) is 17.4 Å². The van der Waals surface area contributed by atoms with Crippen LogP contribution in [0, 0.1) is 5.82 Å². The molecule has 0 saturated carbocycles. The van der Waals surface area contributed by atoms with Gasteiger partial charge in [0, 0.05) is 0 Å². The third-order valence-electron chi connectivity index (χ3n) is 2.08. The Hall–Kier alpha value is -1.61. The highest BCUT2D eigenvalue weighted by Gasteiger charge is 2.10. The quantitative estimate of drug-likeness (QED) is 0.791. The van der Waals surface area contributed by atoms with E-state index < -0.39 is 0 Å². The molecule has 0 aliphatic rings. The van der Waals surface area contributed by atoms with E-state index in [4.69, 9.17) is 10.2 Å². The summed E-state index contributed by atoms with van der Waals surface area (Å²) in [6.07, 6.45) is 1.57. The molecule has 1 atom stereocenters. The molecule has 0 aliphatic heterocycles. The first-order chi connectivity index (χ1) is 6.77. The Morgan fingerprint density at radius 2 is 1.86 bits per heavy atom. The third-order valence-corrected chi connectivity index (χ3v) is 2.08. The maximum atomic E-state index is 12.6. The van der Waals surface area contributed by atoms with E-state index >= 15 is 0 Å². The molecule has 72 valence electrons. The molecule has 1 aromatic carbocycles. The largest absolute Gasteiger partial charge is 0.467 e. The molecule has 2 aromatic rings. The third kappa shape index (κ3) is 1.67. The van der Waals surface area contributed by atoms with Crippen LogP contribution in [0.2, 0.25) is 0 Å². The van der Waals surface area contributed by atoms with Gasteiger partial charge in [-0.3, -0.25) is 0 Å². The van der Waals surface area contributed by atoms with Crippen molar-refractivity contribution in [1.29, 1.82) is 0 Å². The minimum atomic E-state index is -0.328. The number of benzene rings is 1. The summed E-state index contributed by atoms with van der Waals surface area (Å²) in [6, 6.07) is 9.33. The zero-order valence-electron chi connectivity index (χ0n) is 7.48. The van der Waals surface area contributed by atoms with Crippen molar-refractivity contribution in [3.05, 3.63) is 59.8 Å². The molecule has 0 amide bonds. The highest BCUT2D eigenvalue weighted by molar-refractivity contribution is 5.26. The van der Waals surface area contributed by atoms with Gasteiger partial charge in [-0.25, -0.2) is 4.39 Å². The molecule has 0 fully saturated rings. The second-order valence-electron chi connectivity index (χ2n) is 3.04. The van der Waals surface area contributed by atoms with E-state index in [2.05, 4.69) is 0 Å². The molecule has 1 unspecified atom stereocenters. The second kappa shape index (κ2) is 3.64. The number of hydrogen-bond donors (Lipinski definition) is 1. The minimum absolute atomic E-state index is 0.264. The molecular weight excluding hydrogens is 181 g/mol. The Labute approximate surface area is 81.2 Å². The van der Waals surface area contributed by atoms with Crippen molar-refractivity contribution in [1.82, 2.24) is 0 Å². The van der Waals surface area contributed by atoms with E-state index in [-0.39, 0.29) is 11.9 Å². The lowest BCUT2D eigenvalue weighted by atomic mass is 10.1. The molecular formula is C11H10FNO. The molecule has 1 heterocycles. The van der Waals surface area contributed by atoms with Crippen molar-refractivity contribution in [2.24, 2.45) is 5.73 Å². The van der Waals surface area contributed by atoms with E-state index in [1.54, 1.807) is 30.5 Å². The van der Waals surface area contributed by atoms with Crippen LogP contribution < -0.4 is 5.73 Å². The highest BCUT2D eigenvalue weighted by atomic mass is 19.1. The average molecular weight is 191 g/mol. The lowest BCUT2D eigenvalue weighted by molar-refractivity contribution is 0.489. The zero-order valence-corrected chi connectivity index (χ0v) is 7.48. The van der Waals surface area contributed by atoms with Gasteiger partial charge in [0.15, 0.2) is 0 Å².